The Balaban J connectivity index is 0.00000300. The van der Waals surface area contributed by atoms with Crippen LogP contribution in [0.1, 0.15) is 33.2 Å². The summed E-state index contributed by atoms with van der Waals surface area (Å²) in [6, 6.07) is 10.4. The van der Waals surface area contributed by atoms with Crippen molar-refractivity contribution in [3.05, 3.63) is 68.9 Å². The lowest BCUT2D eigenvalue weighted by Crippen LogP contribution is -2.38. The molecule has 2 heterocycles. The van der Waals surface area contributed by atoms with Crippen molar-refractivity contribution in [3.8, 4) is 0 Å². The van der Waals surface area contributed by atoms with E-state index >= 15 is 0 Å². The van der Waals surface area contributed by atoms with Gasteiger partial charge in [0.15, 0.2) is 5.96 Å². The fraction of sp³-hybridized carbons (Fsp3) is 0.381. The first-order valence-corrected chi connectivity index (χ1v) is 10.4. The van der Waals surface area contributed by atoms with E-state index in [0.29, 0.717) is 6.54 Å². The minimum absolute atomic E-state index is 0. The van der Waals surface area contributed by atoms with Gasteiger partial charge in [-0.1, -0.05) is 30.3 Å². The predicted octanol–water partition coefficient (Wildman–Crippen LogP) is 3.84. The van der Waals surface area contributed by atoms with E-state index in [1.54, 1.807) is 18.4 Å². The molecule has 0 aliphatic heterocycles. The van der Waals surface area contributed by atoms with Gasteiger partial charge in [0.25, 0.3) is 0 Å². The monoisotopic (exact) mass is 524 g/mol. The van der Waals surface area contributed by atoms with Gasteiger partial charge >= 0.3 is 0 Å². The lowest BCUT2D eigenvalue weighted by molar-refractivity contribution is 0.657. The summed E-state index contributed by atoms with van der Waals surface area (Å²) < 4.78 is 2.07. The molecule has 156 valence electrons. The second kappa shape index (κ2) is 11.3. The zero-order valence-electron chi connectivity index (χ0n) is 17.4. The van der Waals surface area contributed by atoms with Crippen LogP contribution in [0.3, 0.4) is 0 Å². The average Bonchev–Trinajstić information content (AvgIpc) is 3.22. The molecule has 0 aliphatic carbocycles. The molecular formula is C21H29IN6S. The lowest BCUT2D eigenvalue weighted by atomic mass is 10.2. The first-order valence-electron chi connectivity index (χ1n) is 9.49. The number of guanidine groups is 1. The van der Waals surface area contributed by atoms with Gasteiger partial charge in [-0.25, -0.2) is 4.98 Å². The van der Waals surface area contributed by atoms with Gasteiger partial charge in [-0.05, 0) is 26.3 Å². The van der Waals surface area contributed by atoms with E-state index in [1.165, 1.54) is 16.8 Å². The summed E-state index contributed by atoms with van der Waals surface area (Å²) in [4.78, 5) is 8.82. The van der Waals surface area contributed by atoms with Crippen LogP contribution in [0.25, 0.3) is 0 Å². The standard InChI is InChI=1S/C21H28N6S.HI/c1-15-20(16(2)27(26-15)13-18-8-6-5-7-9-18)12-24-21(22-4)23-11-10-19-14-28-17(3)25-19;/h5-9,14H,10-13H2,1-4H3,(H2,22,23,24);1H. The molecule has 2 aromatic heterocycles. The number of rotatable bonds is 7. The Bertz CT molecular complexity index is 932. The molecule has 0 fully saturated rings. The highest BCUT2D eigenvalue weighted by Crippen LogP contribution is 2.14. The van der Waals surface area contributed by atoms with Crippen molar-refractivity contribution >= 4 is 41.3 Å². The van der Waals surface area contributed by atoms with E-state index in [4.69, 9.17) is 5.10 Å². The fourth-order valence-electron chi connectivity index (χ4n) is 3.12. The Morgan fingerprint density at radius 2 is 1.90 bits per heavy atom. The van der Waals surface area contributed by atoms with Gasteiger partial charge in [-0.2, -0.15) is 5.10 Å². The number of aromatic nitrogens is 3. The van der Waals surface area contributed by atoms with Crippen molar-refractivity contribution in [3.63, 3.8) is 0 Å². The molecule has 0 unspecified atom stereocenters. The van der Waals surface area contributed by atoms with E-state index in [-0.39, 0.29) is 24.0 Å². The Labute approximate surface area is 193 Å². The molecule has 0 saturated carbocycles. The quantitative estimate of drug-likeness (QED) is 0.280. The van der Waals surface area contributed by atoms with Crippen molar-refractivity contribution < 1.29 is 0 Å². The van der Waals surface area contributed by atoms with Crippen LogP contribution >= 0.6 is 35.3 Å². The third-order valence-corrected chi connectivity index (χ3v) is 5.53. The van der Waals surface area contributed by atoms with E-state index in [2.05, 4.69) is 68.8 Å². The normalized spacial score (nSPS) is 11.2. The first kappa shape index (κ1) is 23.3. The second-order valence-electron chi connectivity index (χ2n) is 6.75. The highest BCUT2D eigenvalue weighted by molar-refractivity contribution is 14.0. The molecule has 6 nitrogen and oxygen atoms in total. The van der Waals surface area contributed by atoms with Gasteiger partial charge in [0.05, 0.1) is 22.9 Å². The van der Waals surface area contributed by atoms with E-state index < -0.39 is 0 Å². The number of aliphatic imine (C=N–C) groups is 1. The molecule has 0 radical (unpaired) electrons. The number of nitrogens with zero attached hydrogens (tertiary/aromatic N) is 4. The number of nitrogens with one attached hydrogen (secondary N) is 2. The topological polar surface area (TPSA) is 67.1 Å². The Morgan fingerprint density at radius 1 is 1.14 bits per heavy atom. The van der Waals surface area contributed by atoms with Crippen LogP contribution in [0.5, 0.6) is 0 Å². The molecule has 0 bridgehead atoms. The van der Waals surface area contributed by atoms with Crippen molar-refractivity contribution in [2.45, 2.75) is 40.3 Å². The zero-order chi connectivity index (χ0) is 19.9. The maximum absolute atomic E-state index is 4.72. The van der Waals surface area contributed by atoms with Crippen LogP contribution in [0.15, 0.2) is 40.7 Å². The number of hydrogen-bond donors (Lipinski definition) is 2. The molecule has 0 aliphatic rings. The number of halogens is 1. The molecule has 0 spiro atoms. The first-order chi connectivity index (χ1) is 13.6. The molecule has 8 heteroatoms. The molecule has 2 N–H and O–H groups in total. The summed E-state index contributed by atoms with van der Waals surface area (Å²) in [5.74, 6) is 0.793. The molecule has 1 aromatic carbocycles. The summed E-state index contributed by atoms with van der Waals surface area (Å²) in [5.41, 5.74) is 5.83. The van der Waals surface area contributed by atoms with Gasteiger partial charge in [0.1, 0.15) is 0 Å². The lowest BCUT2D eigenvalue weighted by Gasteiger charge is -2.12. The van der Waals surface area contributed by atoms with Gasteiger partial charge in [0.2, 0.25) is 0 Å². The van der Waals surface area contributed by atoms with Crippen LogP contribution in [0.2, 0.25) is 0 Å². The summed E-state index contributed by atoms with van der Waals surface area (Å²) in [6.45, 7) is 8.50. The van der Waals surface area contributed by atoms with Crippen LogP contribution in [-0.4, -0.2) is 34.3 Å². The fourth-order valence-corrected chi connectivity index (χ4v) is 3.77. The van der Waals surface area contributed by atoms with Crippen molar-refractivity contribution in [2.24, 2.45) is 4.99 Å². The summed E-state index contributed by atoms with van der Waals surface area (Å²) in [7, 11) is 1.79. The van der Waals surface area contributed by atoms with Crippen LogP contribution in [-0.2, 0) is 19.5 Å². The third-order valence-electron chi connectivity index (χ3n) is 4.70. The number of benzene rings is 1. The van der Waals surface area contributed by atoms with Crippen molar-refractivity contribution in [2.75, 3.05) is 13.6 Å². The van der Waals surface area contributed by atoms with Gasteiger partial charge in [-0.3, -0.25) is 9.67 Å². The van der Waals surface area contributed by atoms with Crippen LogP contribution in [0, 0.1) is 20.8 Å². The molecule has 0 atom stereocenters. The second-order valence-corrected chi connectivity index (χ2v) is 7.82. The summed E-state index contributed by atoms with van der Waals surface area (Å²) in [6.07, 6.45) is 0.887. The van der Waals surface area contributed by atoms with Crippen molar-refractivity contribution in [1.82, 2.24) is 25.4 Å². The van der Waals surface area contributed by atoms with Crippen LogP contribution in [0.4, 0.5) is 0 Å². The SMILES string of the molecule is CN=C(NCCc1csc(C)n1)NCc1c(C)nn(Cc2ccccc2)c1C.I. The van der Waals surface area contributed by atoms with Gasteiger partial charge in [-0.15, -0.1) is 35.3 Å². The molecule has 3 aromatic rings. The average molecular weight is 524 g/mol. The van der Waals surface area contributed by atoms with E-state index in [9.17, 15) is 0 Å². The predicted molar refractivity (Wildman–Crippen MR) is 131 cm³/mol. The molecular weight excluding hydrogens is 495 g/mol. The summed E-state index contributed by atoms with van der Waals surface area (Å²) >= 11 is 1.69. The third kappa shape index (κ3) is 6.53. The Morgan fingerprint density at radius 3 is 2.55 bits per heavy atom. The van der Waals surface area contributed by atoms with Crippen LogP contribution < -0.4 is 10.6 Å². The van der Waals surface area contributed by atoms with Gasteiger partial charge < -0.3 is 10.6 Å². The zero-order valence-corrected chi connectivity index (χ0v) is 20.5. The highest BCUT2D eigenvalue weighted by atomic mass is 127. The number of hydrogen-bond acceptors (Lipinski definition) is 4. The minimum atomic E-state index is 0. The highest BCUT2D eigenvalue weighted by Gasteiger charge is 2.12. The molecule has 0 amide bonds. The number of aryl methyl sites for hydroxylation is 2. The van der Waals surface area contributed by atoms with Crippen molar-refractivity contribution in [1.29, 1.82) is 0 Å². The Hall–Kier alpha value is -1.94. The van der Waals surface area contributed by atoms with Gasteiger partial charge in [0, 0.05) is 43.2 Å². The Kier molecular flexibility index (Phi) is 9.09. The molecule has 3 rings (SSSR count). The smallest absolute Gasteiger partial charge is 0.191 e. The molecule has 29 heavy (non-hydrogen) atoms. The van der Waals surface area contributed by atoms with E-state index in [0.717, 1.165) is 41.9 Å². The van der Waals surface area contributed by atoms with E-state index in [1.807, 2.05) is 13.0 Å². The summed E-state index contributed by atoms with van der Waals surface area (Å²) in [5, 5.41) is 14.7. The largest absolute Gasteiger partial charge is 0.356 e. The molecule has 0 saturated heterocycles. The minimum Gasteiger partial charge on any atom is -0.356 e. The number of thiazole rings is 1. The maximum Gasteiger partial charge on any atom is 0.191 e. The maximum atomic E-state index is 4.72.